The van der Waals surface area contributed by atoms with Gasteiger partial charge in [0.1, 0.15) is 47.3 Å². The minimum absolute atomic E-state index is 0.292. The number of halogens is 1. The zero-order valence-electron chi connectivity index (χ0n) is 25.1. The van der Waals surface area contributed by atoms with Gasteiger partial charge in [0.25, 0.3) is 0 Å². The Bertz CT molecular complexity index is 1580. The quantitative estimate of drug-likeness (QED) is 0.171. The number of aldehydes is 1. The van der Waals surface area contributed by atoms with Gasteiger partial charge in [0.15, 0.2) is 0 Å². The lowest BCUT2D eigenvalue weighted by molar-refractivity contribution is -0.104. The Balaban J connectivity index is 0.000000906. The number of nitrogens with one attached hydrogen (secondary N) is 2. The number of piperidine rings is 1. The largest absolute Gasteiger partial charge is 0.495 e. The van der Waals surface area contributed by atoms with Gasteiger partial charge >= 0.3 is 0 Å². The number of rotatable bonds is 9. The number of hydrogen-bond donors (Lipinski definition) is 2. The highest BCUT2D eigenvalue weighted by Crippen LogP contribution is 2.35. The molecule has 2 aliphatic heterocycles. The van der Waals surface area contributed by atoms with Crippen LogP contribution in [0.15, 0.2) is 67.6 Å². The van der Waals surface area contributed by atoms with Crippen molar-refractivity contribution in [1.82, 2.24) is 19.9 Å². The molecule has 2 aliphatic rings. The highest BCUT2D eigenvalue weighted by atomic mass is 19.1. The molecule has 0 atom stereocenters. The molecule has 4 heterocycles. The van der Waals surface area contributed by atoms with Crippen molar-refractivity contribution in [1.29, 1.82) is 0 Å². The van der Waals surface area contributed by atoms with E-state index in [2.05, 4.69) is 49.0 Å². The fraction of sp³-hybridized carbons (Fsp3) is 0.333. The first-order chi connectivity index (χ1) is 21.5. The van der Waals surface area contributed by atoms with Gasteiger partial charge < -0.3 is 29.9 Å². The maximum atomic E-state index is 15.3. The van der Waals surface area contributed by atoms with Crippen molar-refractivity contribution in [2.75, 3.05) is 55.9 Å². The van der Waals surface area contributed by atoms with Crippen LogP contribution in [0.25, 0.3) is 10.9 Å². The van der Waals surface area contributed by atoms with E-state index in [0.717, 1.165) is 68.8 Å². The number of carbonyl (C=O) groups excluding carboxylic acids is 1. The van der Waals surface area contributed by atoms with Gasteiger partial charge in [-0.25, -0.2) is 19.3 Å². The molecule has 6 rings (SSSR count). The number of methoxy groups -OCH3 is 1. The third-order valence-electron chi connectivity index (χ3n) is 7.71. The lowest BCUT2D eigenvalue weighted by Crippen LogP contribution is -2.36. The van der Waals surface area contributed by atoms with Crippen LogP contribution < -0.4 is 25.0 Å². The Morgan fingerprint density at radius 1 is 0.977 bits per heavy atom. The molecule has 0 bridgehead atoms. The van der Waals surface area contributed by atoms with E-state index in [4.69, 9.17) is 14.3 Å². The number of ether oxygens (including phenoxy) is 2. The van der Waals surface area contributed by atoms with Crippen molar-refractivity contribution in [2.45, 2.75) is 31.7 Å². The van der Waals surface area contributed by atoms with E-state index in [-0.39, 0.29) is 0 Å². The first-order valence-electron chi connectivity index (χ1n) is 14.8. The van der Waals surface area contributed by atoms with E-state index in [1.165, 1.54) is 18.5 Å². The highest BCUT2D eigenvalue weighted by molar-refractivity contribution is 5.95. The lowest BCUT2D eigenvalue weighted by Gasteiger charge is -2.30. The third-order valence-corrected chi connectivity index (χ3v) is 7.71. The summed E-state index contributed by atoms with van der Waals surface area (Å²) in [5.41, 5.74) is 1.87. The second kappa shape index (κ2) is 14.6. The maximum absolute atomic E-state index is 15.3. The average Bonchev–Trinajstić information content (AvgIpc) is 3.59. The van der Waals surface area contributed by atoms with E-state index in [0.29, 0.717) is 46.6 Å². The van der Waals surface area contributed by atoms with E-state index < -0.39 is 5.82 Å². The van der Waals surface area contributed by atoms with Gasteiger partial charge in [0.05, 0.1) is 24.0 Å². The number of likely N-dealkylation sites (tertiary alicyclic amines) is 1. The Morgan fingerprint density at radius 2 is 1.73 bits per heavy atom. The monoisotopic (exact) mass is 599 g/mol. The molecule has 2 N–H and O–H groups in total. The minimum atomic E-state index is -0.448. The second-order valence-corrected chi connectivity index (χ2v) is 10.8. The molecule has 4 aromatic rings. The zero-order valence-corrected chi connectivity index (χ0v) is 25.1. The molecule has 0 spiro atoms. The molecule has 2 fully saturated rings. The first-order valence-corrected chi connectivity index (χ1v) is 14.8. The van der Waals surface area contributed by atoms with Crippen LogP contribution in [0, 0.1) is 5.82 Å². The molecule has 2 aromatic carbocycles. The van der Waals surface area contributed by atoms with Gasteiger partial charge in [-0.15, -0.1) is 0 Å². The Kier molecular flexibility index (Phi) is 10.2. The van der Waals surface area contributed by atoms with Crippen molar-refractivity contribution >= 4 is 40.2 Å². The van der Waals surface area contributed by atoms with Gasteiger partial charge in [-0.05, 0) is 76.2 Å². The Morgan fingerprint density at radius 3 is 2.43 bits per heavy atom. The van der Waals surface area contributed by atoms with Crippen LogP contribution in [0.3, 0.4) is 0 Å². The van der Waals surface area contributed by atoms with Gasteiger partial charge in [0, 0.05) is 48.9 Å². The third kappa shape index (κ3) is 7.59. The molecule has 230 valence electrons. The fourth-order valence-corrected chi connectivity index (χ4v) is 5.34. The number of hydrogen-bond acceptors (Lipinski definition) is 10. The second-order valence-electron chi connectivity index (χ2n) is 10.8. The zero-order chi connectivity index (χ0) is 30.9. The average molecular weight is 600 g/mol. The molecule has 44 heavy (non-hydrogen) atoms. The van der Waals surface area contributed by atoms with Crippen molar-refractivity contribution < 1.29 is 18.7 Å². The van der Waals surface area contributed by atoms with E-state index in [1.54, 1.807) is 31.5 Å². The van der Waals surface area contributed by atoms with Crippen LogP contribution in [-0.2, 0) is 4.79 Å². The summed E-state index contributed by atoms with van der Waals surface area (Å²) in [5, 5.41) is 7.56. The summed E-state index contributed by atoms with van der Waals surface area (Å²) in [6.07, 6.45) is 9.44. The van der Waals surface area contributed by atoms with Crippen molar-refractivity contribution in [3.63, 3.8) is 0 Å². The molecular formula is C33H38FN7O3. The van der Waals surface area contributed by atoms with Crippen molar-refractivity contribution in [3.8, 4) is 17.2 Å². The topological polar surface area (TPSA) is 105 Å². The molecule has 2 aromatic heterocycles. The van der Waals surface area contributed by atoms with Crippen molar-refractivity contribution in [3.05, 3.63) is 73.5 Å². The molecule has 0 amide bonds. The number of aromatic nitrogens is 3. The number of carbonyl (C=O) groups is 1. The van der Waals surface area contributed by atoms with Gasteiger partial charge in [-0.3, -0.25) is 4.79 Å². The smallest absolute Gasteiger partial charge is 0.150 e. The number of benzene rings is 2. The number of nitrogens with zero attached hydrogens (tertiary/aromatic N) is 5. The fourth-order valence-electron chi connectivity index (χ4n) is 5.34. The van der Waals surface area contributed by atoms with Crippen LogP contribution in [0.2, 0.25) is 0 Å². The molecule has 0 unspecified atom stereocenters. The number of fused-ring (bicyclic) bond motifs is 1. The summed E-state index contributed by atoms with van der Waals surface area (Å²) in [6, 6.07) is 12.7. The summed E-state index contributed by atoms with van der Waals surface area (Å²) in [5.74, 6) is 2.69. The molecular weight excluding hydrogens is 561 g/mol. The number of allylic oxidation sites excluding steroid dienone is 1. The van der Waals surface area contributed by atoms with Gasteiger partial charge in [0.2, 0.25) is 0 Å². The lowest BCUT2D eigenvalue weighted by atomic mass is 10.0. The minimum Gasteiger partial charge on any atom is -0.495 e. The Labute approximate surface area is 256 Å². The first kappa shape index (κ1) is 30.7. The predicted molar refractivity (Wildman–Crippen MR) is 172 cm³/mol. The summed E-state index contributed by atoms with van der Waals surface area (Å²) in [7, 11) is 3.80. The highest BCUT2D eigenvalue weighted by Gasteiger charge is 2.20. The summed E-state index contributed by atoms with van der Waals surface area (Å²) in [6.45, 7) is 7.18. The maximum Gasteiger partial charge on any atom is 0.150 e. The molecule has 0 radical (unpaired) electrons. The standard InChI is InChI=1S/C30H34FN7O2.C3H4O/c1-37-13-8-20(9-14-37)35-27-17-23-26(18-28(27)39-2)33-19-34-30(23)36-25-6-5-21(15-24(25)31)40-22-7-10-32-29(16-22)38-11-3-4-12-38;1-2-3-4/h5-7,10,15-20,35H,3-4,8-9,11-14H2,1-2H3,(H,33,34,36);2-3H,1H2. The van der Waals surface area contributed by atoms with Crippen LogP contribution in [0.1, 0.15) is 25.7 Å². The summed E-state index contributed by atoms with van der Waals surface area (Å²) < 4.78 is 26.9. The number of pyridine rings is 1. The van der Waals surface area contributed by atoms with E-state index >= 15 is 4.39 Å². The van der Waals surface area contributed by atoms with E-state index in [9.17, 15) is 0 Å². The van der Waals surface area contributed by atoms with Crippen LogP contribution in [0.4, 0.5) is 27.4 Å². The summed E-state index contributed by atoms with van der Waals surface area (Å²) in [4.78, 5) is 26.9. The molecule has 0 aliphatic carbocycles. The van der Waals surface area contributed by atoms with Crippen LogP contribution in [0.5, 0.6) is 17.2 Å². The predicted octanol–water partition coefficient (Wildman–Crippen LogP) is 6.19. The molecule has 0 saturated carbocycles. The molecule has 10 nitrogen and oxygen atoms in total. The number of anilines is 4. The van der Waals surface area contributed by atoms with Crippen LogP contribution in [-0.4, -0.2) is 72.5 Å². The van der Waals surface area contributed by atoms with Gasteiger partial charge in [-0.2, -0.15) is 0 Å². The van der Waals surface area contributed by atoms with Gasteiger partial charge in [-0.1, -0.05) is 6.58 Å². The normalized spacial score (nSPS) is 15.3. The van der Waals surface area contributed by atoms with Crippen LogP contribution >= 0.6 is 0 Å². The SMILES string of the molecule is C=CC=O.COc1cc2ncnc(Nc3ccc(Oc4ccnc(N5CCCC5)c4)cc3F)c2cc1NC1CCN(C)CC1. The Hall–Kier alpha value is -4.77. The van der Waals surface area contributed by atoms with Crippen molar-refractivity contribution in [2.24, 2.45) is 0 Å². The summed E-state index contributed by atoms with van der Waals surface area (Å²) >= 11 is 0. The molecule has 2 saturated heterocycles. The molecule has 11 heteroatoms. The van der Waals surface area contributed by atoms with E-state index in [1.807, 2.05) is 18.2 Å².